The van der Waals surface area contributed by atoms with Crippen molar-refractivity contribution in [2.45, 2.75) is 12.5 Å². The first-order chi connectivity index (χ1) is 12.0. The highest BCUT2D eigenvalue weighted by atomic mass is 16.3. The Morgan fingerprint density at radius 3 is 1.88 bits per heavy atom. The minimum Gasteiger partial charge on any atom is -0.396 e. The van der Waals surface area contributed by atoms with Crippen LogP contribution >= 0.6 is 0 Å². The smallest absolute Gasteiger partial charge is 0.254 e. The van der Waals surface area contributed by atoms with E-state index in [1.54, 1.807) is 50.3 Å². The number of aliphatic hydroxyl groups excluding tert-OH is 1. The number of hydrogen-bond acceptors (Lipinski definition) is 3. The van der Waals surface area contributed by atoms with Crippen LogP contribution in [0, 0.1) is 0 Å². The largest absolute Gasteiger partial charge is 0.396 e. The van der Waals surface area contributed by atoms with E-state index in [1.807, 2.05) is 30.3 Å². The van der Waals surface area contributed by atoms with Crippen molar-refractivity contribution in [3.8, 4) is 0 Å². The first kappa shape index (κ1) is 18.7. The molecule has 25 heavy (non-hydrogen) atoms. The number of carbonyl (C=O) groups is 2. The van der Waals surface area contributed by atoms with Gasteiger partial charge in [-0.3, -0.25) is 9.59 Å². The maximum atomic E-state index is 12.8. The highest BCUT2D eigenvalue weighted by Gasteiger charge is 2.22. The molecule has 0 spiro atoms. The van der Waals surface area contributed by atoms with Crippen LogP contribution < -0.4 is 0 Å². The summed E-state index contributed by atoms with van der Waals surface area (Å²) in [6, 6.07) is 16.1. The SMILES string of the molecule is CN(C)C(=O)c1ccc(C(=O)N(C)C(CCO)c2ccccc2)cc1. The first-order valence-electron chi connectivity index (χ1n) is 8.20. The molecule has 2 aromatic carbocycles. The Labute approximate surface area is 148 Å². The van der Waals surface area contributed by atoms with Gasteiger partial charge in [-0.25, -0.2) is 0 Å². The van der Waals surface area contributed by atoms with Gasteiger partial charge in [-0.2, -0.15) is 0 Å². The molecule has 1 unspecified atom stereocenters. The van der Waals surface area contributed by atoms with Gasteiger partial charge >= 0.3 is 0 Å². The quantitative estimate of drug-likeness (QED) is 0.879. The molecule has 0 saturated carbocycles. The average molecular weight is 340 g/mol. The van der Waals surface area contributed by atoms with E-state index in [0.29, 0.717) is 17.5 Å². The third kappa shape index (κ3) is 4.45. The van der Waals surface area contributed by atoms with Gasteiger partial charge in [0, 0.05) is 38.9 Å². The minimum atomic E-state index is -0.207. The number of carbonyl (C=O) groups excluding carboxylic acids is 2. The standard InChI is InChI=1S/C20H24N2O3/c1-21(2)19(24)16-9-11-17(12-10-16)20(25)22(3)18(13-14-23)15-7-5-4-6-8-15/h4-12,18,23H,13-14H2,1-3H3. The van der Waals surface area contributed by atoms with Crippen LogP contribution in [0.1, 0.15) is 38.7 Å². The van der Waals surface area contributed by atoms with E-state index in [2.05, 4.69) is 0 Å². The topological polar surface area (TPSA) is 60.9 Å². The Bertz CT molecular complexity index is 711. The van der Waals surface area contributed by atoms with Gasteiger partial charge in [-0.05, 0) is 36.2 Å². The van der Waals surface area contributed by atoms with Crippen molar-refractivity contribution in [2.24, 2.45) is 0 Å². The predicted octanol–water partition coefficient (Wildman–Crippen LogP) is 2.58. The van der Waals surface area contributed by atoms with E-state index in [0.717, 1.165) is 5.56 Å². The van der Waals surface area contributed by atoms with Crippen LogP contribution in [0.5, 0.6) is 0 Å². The van der Waals surface area contributed by atoms with E-state index in [-0.39, 0.29) is 24.5 Å². The lowest BCUT2D eigenvalue weighted by Gasteiger charge is -2.28. The zero-order valence-corrected chi connectivity index (χ0v) is 14.8. The molecule has 1 atom stereocenters. The van der Waals surface area contributed by atoms with E-state index in [9.17, 15) is 14.7 Å². The summed E-state index contributed by atoms with van der Waals surface area (Å²) < 4.78 is 0. The molecule has 2 rings (SSSR count). The molecule has 2 amide bonds. The summed E-state index contributed by atoms with van der Waals surface area (Å²) in [6.45, 7) is -0.00649. The number of amides is 2. The minimum absolute atomic E-state index is 0.00649. The van der Waals surface area contributed by atoms with Gasteiger partial charge in [0.15, 0.2) is 0 Å². The highest BCUT2D eigenvalue weighted by molar-refractivity contribution is 5.97. The fourth-order valence-electron chi connectivity index (χ4n) is 2.74. The monoisotopic (exact) mass is 340 g/mol. The molecule has 132 valence electrons. The Kier molecular flexibility index (Phi) is 6.31. The third-order valence-electron chi connectivity index (χ3n) is 4.16. The van der Waals surface area contributed by atoms with Crippen LogP contribution in [-0.2, 0) is 0 Å². The summed E-state index contributed by atoms with van der Waals surface area (Å²) in [6.07, 6.45) is 0.462. The summed E-state index contributed by atoms with van der Waals surface area (Å²) >= 11 is 0. The number of aliphatic hydroxyl groups is 1. The molecular weight excluding hydrogens is 316 g/mol. The molecule has 0 saturated heterocycles. The maximum absolute atomic E-state index is 12.8. The van der Waals surface area contributed by atoms with Crippen LogP contribution in [0.15, 0.2) is 54.6 Å². The van der Waals surface area contributed by atoms with Gasteiger partial charge < -0.3 is 14.9 Å². The molecule has 0 aliphatic heterocycles. The van der Waals surface area contributed by atoms with Crippen LogP contribution in [0.25, 0.3) is 0 Å². The number of benzene rings is 2. The van der Waals surface area contributed by atoms with Gasteiger partial charge in [0.1, 0.15) is 0 Å². The summed E-state index contributed by atoms with van der Waals surface area (Å²) in [5.74, 6) is -0.249. The first-order valence-corrected chi connectivity index (χ1v) is 8.20. The second kappa shape index (κ2) is 8.44. The fourth-order valence-corrected chi connectivity index (χ4v) is 2.74. The highest BCUT2D eigenvalue weighted by Crippen LogP contribution is 2.24. The van der Waals surface area contributed by atoms with Crippen molar-refractivity contribution in [3.63, 3.8) is 0 Å². The number of rotatable bonds is 6. The van der Waals surface area contributed by atoms with Gasteiger partial charge in [0.2, 0.25) is 0 Å². The lowest BCUT2D eigenvalue weighted by Crippen LogP contribution is -2.32. The van der Waals surface area contributed by atoms with Gasteiger partial charge in [-0.15, -0.1) is 0 Å². The molecule has 0 radical (unpaired) electrons. The average Bonchev–Trinajstić information content (AvgIpc) is 2.65. The zero-order valence-electron chi connectivity index (χ0n) is 14.8. The molecule has 0 aliphatic carbocycles. The van der Waals surface area contributed by atoms with Gasteiger partial charge in [-0.1, -0.05) is 30.3 Å². The van der Waals surface area contributed by atoms with Crippen molar-refractivity contribution in [3.05, 3.63) is 71.3 Å². The van der Waals surface area contributed by atoms with Crippen molar-refractivity contribution in [1.82, 2.24) is 9.80 Å². The molecule has 0 fully saturated rings. The Balaban J connectivity index is 2.21. The second-order valence-corrected chi connectivity index (χ2v) is 6.13. The van der Waals surface area contributed by atoms with E-state index in [1.165, 1.54) is 4.90 Å². The van der Waals surface area contributed by atoms with Crippen LogP contribution in [-0.4, -0.2) is 54.5 Å². The van der Waals surface area contributed by atoms with Crippen molar-refractivity contribution in [2.75, 3.05) is 27.7 Å². The zero-order chi connectivity index (χ0) is 18.4. The maximum Gasteiger partial charge on any atom is 0.254 e. The molecule has 1 N–H and O–H groups in total. The van der Waals surface area contributed by atoms with E-state index < -0.39 is 0 Å². The lowest BCUT2D eigenvalue weighted by atomic mass is 10.0. The third-order valence-corrected chi connectivity index (χ3v) is 4.16. The molecule has 5 heteroatoms. The van der Waals surface area contributed by atoms with Crippen molar-refractivity contribution < 1.29 is 14.7 Å². The molecule has 0 aliphatic rings. The summed E-state index contributed by atoms with van der Waals surface area (Å²) in [5, 5.41) is 9.37. The Morgan fingerprint density at radius 2 is 1.40 bits per heavy atom. The lowest BCUT2D eigenvalue weighted by molar-refractivity contribution is 0.0704. The normalized spacial score (nSPS) is 11.7. The second-order valence-electron chi connectivity index (χ2n) is 6.13. The van der Waals surface area contributed by atoms with Gasteiger partial charge in [0.05, 0.1) is 6.04 Å². The summed E-state index contributed by atoms with van der Waals surface area (Å²) in [5.41, 5.74) is 2.03. The van der Waals surface area contributed by atoms with Gasteiger partial charge in [0.25, 0.3) is 11.8 Å². The summed E-state index contributed by atoms with van der Waals surface area (Å²) in [7, 11) is 5.11. The van der Waals surface area contributed by atoms with Crippen LogP contribution in [0.3, 0.4) is 0 Å². The van der Waals surface area contributed by atoms with E-state index >= 15 is 0 Å². The predicted molar refractivity (Wildman–Crippen MR) is 97.4 cm³/mol. The molecule has 0 aromatic heterocycles. The Hall–Kier alpha value is -2.66. The molecule has 0 heterocycles. The number of nitrogens with zero attached hydrogens (tertiary/aromatic N) is 2. The van der Waals surface area contributed by atoms with Crippen LogP contribution in [0.4, 0.5) is 0 Å². The molecule has 0 bridgehead atoms. The molecule has 2 aromatic rings. The number of hydrogen-bond donors (Lipinski definition) is 1. The molecule has 5 nitrogen and oxygen atoms in total. The van der Waals surface area contributed by atoms with E-state index in [4.69, 9.17) is 0 Å². The fraction of sp³-hybridized carbons (Fsp3) is 0.300. The molecular formula is C20H24N2O3. The summed E-state index contributed by atoms with van der Waals surface area (Å²) in [4.78, 5) is 27.9. The van der Waals surface area contributed by atoms with Crippen LogP contribution in [0.2, 0.25) is 0 Å². The van der Waals surface area contributed by atoms with Crippen molar-refractivity contribution in [1.29, 1.82) is 0 Å². The van der Waals surface area contributed by atoms with Crippen molar-refractivity contribution >= 4 is 11.8 Å². The Morgan fingerprint density at radius 1 is 0.880 bits per heavy atom.